The van der Waals surface area contributed by atoms with Crippen LogP contribution in [0.25, 0.3) is 0 Å². The number of hydrogen-bond acceptors (Lipinski definition) is 3. The van der Waals surface area contributed by atoms with Gasteiger partial charge in [-0.15, -0.1) is 24.0 Å². The van der Waals surface area contributed by atoms with E-state index in [9.17, 15) is 4.79 Å². The number of nitrogens with zero attached hydrogens (tertiary/aromatic N) is 4. The van der Waals surface area contributed by atoms with E-state index in [4.69, 9.17) is 4.99 Å². The van der Waals surface area contributed by atoms with Crippen molar-refractivity contribution in [2.45, 2.75) is 58.4 Å². The van der Waals surface area contributed by atoms with Crippen molar-refractivity contribution in [3.05, 3.63) is 0 Å². The number of guanidine groups is 1. The van der Waals surface area contributed by atoms with Crippen LogP contribution >= 0.6 is 24.0 Å². The van der Waals surface area contributed by atoms with E-state index in [0.717, 1.165) is 51.3 Å². The van der Waals surface area contributed by atoms with Crippen molar-refractivity contribution in [1.82, 2.24) is 20.0 Å². The second-order valence-corrected chi connectivity index (χ2v) is 8.16. The van der Waals surface area contributed by atoms with Gasteiger partial charge < -0.3 is 15.1 Å². The van der Waals surface area contributed by atoms with E-state index in [1.54, 1.807) is 4.90 Å². The van der Waals surface area contributed by atoms with Gasteiger partial charge in [-0.05, 0) is 45.7 Å². The Kier molecular flexibility index (Phi) is 10.4. The lowest BCUT2D eigenvalue weighted by atomic mass is 9.85. The van der Waals surface area contributed by atoms with Crippen LogP contribution in [-0.4, -0.2) is 86.5 Å². The molecule has 1 amide bonds. The molecule has 1 saturated carbocycles. The molecule has 1 saturated heterocycles. The first-order valence-corrected chi connectivity index (χ1v) is 10.4. The number of carbonyl (C=O) groups is 1. The van der Waals surface area contributed by atoms with E-state index < -0.39 is 0 Å². The second kappa shape index (κ2) is 11.4. The van der Waals surface area contributed by atoms with E-state index in [1.807, 2.05) is 14.1 Å². The third-order valence-corrected chi connectivity index (χ3v) is 6.04. The molecule has 1 N–H and O–H groups in total. The molecule has 7 heteroatoms. The molecule has 1 heterocycles. The van der Waals surface area contributed by atoms with Crippen LogP contribution in [0, 0.1) is 5.41 Å². The van der Waals surface area contributed by atoms with Gasteiger partial charge in [-0.25, -0.2) is 0 Å². The normalized spacial score (nSPS) is 22.4. The number of hydrogen-bond donors (Lipinski definition) is 1. The maximum absolute atomic E-state index is 12.8. The van der Waals surface area contributed by atoms with Crippen molar-refractivity contribution in [2.24, 2.45) is 10.4 Å². The molecule has 6 nitrogen and oxygen atoms in total. The Hall–Kier alpha value is -0.570. The summed E-state index contributed by atoms with van der Waals surface area (Å²) in [6.07, 6.45) is 6.75. The summed E-state index contributed by atoms with van der Waals surface area (Å²) in [5.41, 5.74) is -0.298. The van der Waals surface area contributed by atoms with Crippen LogP contribution in [0.3, 0.4) is 0 Å². The van der Waals surface area contributed by atoms with E-state index in [0.29, 0.717) is 12.6 Å². The minimum Gasteiger partial charge on any atom is -0.357 e. The molecular weight excluding hydrogens is 453 g/mol. The maximum atomic E-state index is 12.8. The molecule has 1 unspecified atom stereocenters. The molecule has 1 atom stereocenters. The summed E-state index contributed by atoms with van der Waals surface area (Å²) in [7, 11) is 5.86. The summed E-state index contributed by atoms with van der Waals surface area (Å²) in [5.74, 6) is 1.18. The Morgan fingerprint density at radius 3 is 2.41 bits per heavy atom. The first-order chi connectivity index (χ1) is 12.4. The lowest BCUT2D eigenvalue weighted by molar-refractivity contribution is -0.138. The van der Waals surface area contributed by atoms with Gasteiger partial charge in [-0.1, -0.05) is 19.8 Å². The molecule has 0 bridgehead atoms. The number of likely N-dealkylation sites (N-methyl/N-ethyl adjacent to an activating group) is 2. The van der Waals surface area contributed by atoms with Gasteiger partial charge in [0.05, 0.1) is 12.0 Å². The summed E-state index contributed by atoms with van der Waals surface area (Å²) in [6, 6.07) is 0.609. The monoisotopic (exact) mass is 493 g/mol. The summed E-state index contributed by atoms with van der Waals surface area (Å²) >= 11 is 0. The molecule has 2 aliphatic rings. The highest BCUT2D eigenvalue weighted by Gasteiger charge is 2.42. The minimum atomic E-state index is -0.298. The molecule has 1 aliphatic carbocycles. The lowest BCUT2D eigenvalue weighted by Gasteiger charge is -2.32. The average Bonchev–Trinajstić information content (AvgIpc) is 3.27. The average molecular weight is 493 g/mol. The predicted octanol–water partition coefficient (Wildman–Crippen LogP) is 2.63. The smallest absolute Gasteiger partial charge is 0.230 e. The molecule has 1 aliphatic heterocycles. The van der Waals surface area contributed by atoms with Gasteiger partial charge in [0.15, 0.2) is 5.96 Å². The molecule has 27 heavy (non-hydrogen) atoms. The van der Waals surface area contributed by atoms with Crippen molar-refractivity contribution in [1.29, 1.82) is 0 Å². The van der Waals surface area contributed by atoms with Crippen molar-refractivity contribution < 1.29 is 4.79 Å². The Labute approximate surface area is 183 Å². The minimum absolute atomic E-state index is 0. The number of carbonyl (C=O) groups excluding carboxylic acids is 1. The third-order valence-electron chi connectivity index (χ3n) is 6.04. The lowest BCUT2D eigenvalue weighted by Crippen LogP contribution is -2.47. The molecule has 0 aromatic carbocycles. The number of halogens is 1. The van der Waals surface area contributed by atoms with Gasteiger partial charge >= 0.3 is 0 Å². The number of nitrogens with one attached hydrogen (secondary N) is 1. The zero-order valence-electron chi connectivity index (χ0n) is 18.0. The Balaban J connectivity index is 0.00000364. The molecule has 0 aromatic rings. The largest absolute Gasteiger partial charge is 0.357 e. The summed E-state index contributed by atoms with van der Waals surface area (Å²) in [5, 5.41) is 3.43. The Morgan fingerprint density at radius 2 is 1.85 bits per heavy atom. The SMILES string of the molecule is CCNC(=NCC1(C(=O)N(C)C)CCCC1)N(C)CC1CCCN1CC.I. The number of amides is 1. The quantitative estimate of drug-likeness (QED) is 0.337. The van der Waals surface area contributed by atoms with Crippen LogP contribution in [0.15, 0.2) is 4.99 Å². The summed E-state index contributed by atoms with van der Waals surface area (Å²) < 4.78 is 0. The fourth-order valence-corrected chi connectivity index (χ4v) is 4.58. The van der Waals surface area contributed by atoms with Gasteiger partial charge in [0.1, 0.15) is 0 Å². The summed E-state index contributed by atoms with van der Waals surface area (Å²) in [6.45, 7) is 9.12. The highest BCUT2D eigenvalue weighted by atomic mass is 127. The number of aliphatic imine (C=N–C) groups is 1. The van der Waals surface area contributed by atoms with Crippen molar-refractivity contribution in [3.63, 3.8) is 0 Å². The van der Waals surface area contributed by atoms with Crippen LogP contribution in [0.5, 0.6) is 0 Å². The van der Waals surface area contributed by atoms with E-state index in [1.165, 1.54) is 19.4 Å². The van der Waals surface area contributed by atoms with Gasteiger partial charge in [0.25, 0.3) is 0 Å². The van der Waals surface area contributed by atoms with E-state index in [2.05, 4.69) is 36.0 Å². The van der Waals surface area contributed by atoms with E-state index in [-0.39, 0.29) is 35.3 Å². The Morgan fingerprint density at radius 1 is 1.19 bits per heavy atom. The predicted molar refractivity (Wildman–Crippen MR) is 124 cm³/mol. The Bertz CT molecular complexity index is 491. The third kappa shape index (κ3) is 6.21. The topological polar surface area (TPSA) is 51.2 Å². The van der Waals surface area contributed by atoms with Crippen LogP contribution in [0.4, 0.5) is 0 Å². The van der Waals surface area contributed by atoms with E-state index >= 15 is 0 Å². The number of rotatable bonds is 7. The van der Waals surface area contributed by atoms with Crippen LogP contribution in [0.1, 0.15) is 52.4 Å². The molecular formula is C20H40IN5O. The first-order valence-electron chi connectivity index (χ1n) is 10.4. The zero-order chi connectivity index (χ0) is 19.2. The van der Waals surface area contributed by atoms with Crippen LogP contribution < -0.4 is 5.32 Å². The highest BCUT2D eigenvalue weighted by Crippen LogP contribution is 2.39. The van der Waals surface area contributed by atoms with Crippen molar-refractivity contribution in [2.75, 3.05) is 53.9 Å². The van der Waals surface area contributed by atoms with Gasteiger partial charge in [-0.2, -0.15) is 0 Å². The molecule has 0 spiro atoms. The fraction of sp³-hybridized carbons (Fsp3) is 0.900. The first kappa shape index (κ1) is 24.5. The molecule has 0 aromatic heterocycles. The standard InChI is InChI=1S/C20H39N5O.HI/c1-6-21-19(24(5)15-17-11-10-14-25(17)7-2)22-16-20(12-8-9-13-20)18(26)23(3)4;/h17H,6-16H2,1-5H3,(H,21,22);1H. The molecule has 2 rings (SSSR count). The second-order valence-electron chi connectivity index (χ2n) is 8.16. The number of likely N-dealkylation sites (tertiary alicyclic amines) is 1. The van der Waals surface area contributed by atoms with Gasteiger partial charge in [0, 0.05) is 40.3 Å². The van der Waals surface area contributed by atoms with Crippen molar-refractivity contribution >= 4 is 35.8 Å². The van der Waals surface area contributed by atoms with Gasteiger partial charge in [0.2, 0.25) is 5.91 Å². The van der Waals surface area contributed by atoms with Crippen LogP contribution in [0.2, 0.25) is 0 Å². The molecule has 158 valence electrons. The maximum Gasteiger partial charge on any atom is 0.230 e. The van der Waals surface area contributed by atoms with Crippen molar-refractivity contribution in [3.8, 4) is 0 Å². The van der Waals surface area contributed by atoms with Crippen LogP contribution in [-0.2, 0) is 4.79 Å². The molecule has 2 fully saturated rings. The fourth-order valence-electron chi connectivity index (χ4n) is 4.58. The van der Waals surface area contributed by atoms with Gasteiger partial charge in [-0.3, -0.25) is 14.7 Å². The molecule has 0 radical (unpaired) electrons. The summed E-state index contributed by atoms with van der Waals surface area (Å²) in [4.78, 5) is 24.3. The zero-order valence-corrected chi connectivity index (χ0v) is 20.3. The highest BCUT2D eigenvalue weighted by molar-refractivity contribution is 14.0.